The van der Waals surface area contributed by atoms with Crippen molar-refractivity contribution in [3.8, 4) is 0 Å². The molecule has 0 bridgehead atoms. The Morgan fingerprint density at radius 1 is 1.12 bits per heavy atom. The van der Waals surface area contributed by atoms with Crippen molar-refractivity contribution in [2.24, 2.45) is 5.73 Å². The summed E-state index contributed by atoms with van der Waals surface area (Å²) in [5, 5.41) is 13.6. The number of anilines is 3. The maximum Gasteiger partial charge on any atom is 0.225 e. The van der Waals surface area contributed by atoms with Gasteiger partial charge in [-0.15, -0.1) is 0 Å². The minimum absolute atomic E-state index is 0.186. The number of nitrogens with two attached hydrogens (primary N) is 1. The maximum absolute atomic E-state index is 12.9. The number of aromatic nitrogens is 4. The molecule has 3 aromatic rings. The van der Waals surface area contributed by atoms with Gasteiger partial charge in [0.2, 0.25) is 5.95 Å². The normalized spacial score (nSPS) is 10.3. The quantitative estimate of drug-likeness (QED) is 0.400. The van der Waals surface area contributed by atoms with Crippen molar-refractivity contribution in [3.63, 3.8) is 0 Å². The van der Waals surface area contributed by atoms with E-state index in [0.717, 1.165) is 5.56 Å². The highest BCUT2D eigenvalue weighted by Gasteiger charge is 2.08. The van der Waals surface area contributed by atoms with Gasteiger partial charge in [0.25, 0.3) is 0 Å². The van der Waals surface area contributed by atoms with Gasteiger partial charge in [-0.2, -0.15) is 4.98 Å². The molecule has 8 nitrogen and oxygen atoms in total. The van der Waals surface area contributed by atoms with Gasteiger partial charge in [0.15, 0.2) is 0 Å². The summed E-state index contributed by atoms with van der Waals surface area (Å²) in [5.74, 6) is 0.717. The molecule has 25 heavy (non-hydrogen) atoms. The van der Waals surface area contributed by atoms with Crippen LogP contribution in [0.5, 0.6) is 0 Å². The first-order chi connectivity index (χ1) is 12.1. The molecule has 1 aromatic carbocycles. The van der Waals surface area contributed by atoms with Gasteiger partial charge in [0.1, 0.15) is 29.0 Å². The fourth-order valence-electron chi connectivity index (χ4n) is 2.01. The van der Waals surface area contributed by atoms with E-state index in [-0.39, 0.29) is 23.3 Å². The highest BCUT2D eigenvalue weighted by Crippen LogP contribution is 2.15. The summed E-state index contributed by atoms with van der Waals surface area (Å²) < 4.78 is 12.9. The second-order valence-corrected chi connectivity index (χ2v) is 5.07. The summed E-state index contributed by atoms with van der Waals surface area (Å²) in [7, 11) is 0. The molecule has 0 unspecified atom stereocenters. The van der Waals surface area contributed by atoms with E-state index in [1.165, 1.54) is 12.1 Å². The predicted octanol–water partition coefficient (Wildman–Crippen LogP) is 2.05. The number of nitrogens with one attached hydrogen (secondary N) is 3. The standard InChI is InChI=1S/C16H15FN8/c17-11-3-1-10(2-4-11)8-22-16-23-12(15(18)19)7-13(25-16)24-14-9-20-5-6-21-14/h1-7,9H,8H2,(H3,18,19)(H2,21,22,23,24,25). The Labute approximate surface area is 142 Å². The summed E-state index contributed by atoms with van der Waals surface area (Å²) in [6, 6.07) is 7.63. The monoisotopic (exact) mass is 338 g/mol. The lowest BCUT2D eigenvalue weighted by Crippen LogP contribution is -2.16. The van der Waals surface area contributed by atoms with Gasteiger partial charge in [-0.05, 0) is 17.7 Å². The van der Waals surface area contributed by atoms with Crippen molar-refractivity contribution < 1.29 is 4.39 Å². The second kappa shape index (κ2) is 7.30. The Balaban J connectivity index is 1.80. The van der Waals surface area contributed by atoms with Crippen molar-refractivity contribution in [2.75, 3.05) is 10.6 Å². The Morgan fingerprint density at radius 3 is 2.60 bits per heavy atom. The zero-order chi connectivity index (χ0) is 17.6. The predicted molar refractivity (Wildman–Crippen MR) is 92.1 cm³/mol. The fraction of sp³-hybridized carbons (Fsp3) is 0.0625. The second-order valence-electron chi connectivity index (χ2n) is 5.07. The van der Waals surface area contributed by atoms with E-state index < -0.39 is 0 Å². The number of amidine groups is 1. The van der Waals surface area contributed by atoms with Crippen LogP contribution < -0.4 is 16.4 Å². The molecule has 3 rings (SSSR count). The summed E-state index contributed by atoms with van der Waals surface area (Å²) in [4.78, 5) is 16.6. The van der Waals surface area contributed by atoms with Crippen LogP contribution in [0.4, 0.5) is 22.0 Å². The molecule has 2 aromatic heterocycles. The molecule has 5 N–H and O–H groups in total. The van der Waals surface area contributed by atoms with Crippen LogP contribution in [0.15, 0.2) is 48.9 Å². The number of benzene rings is 1. The fourth-order valence-corrected chi connectivity index (χ4v) is 2.01. The molecule has 0 aliphatic heterocycles. The minimum atomic E-state index is -0.297. The molecule has 0 fully saturated rings. The van der Waals surface area contributed by atoms with Crippen LogP contribution >= 0.6 is 0 Å². The zero-order valence-corrected chi connectivity index (χ0v) is 13.1. The number of hydrogen-bond donors (Lipinski definition) is 4. The Kier molecular flexibility index (Phi) is 4.74. The third-order valence-electron chi connectivity index (χ3n) is 3.19. The van der Waals surface area contributed by atoms with Gasteiger partial charge < -0.3 is 16.4 Å². The average molecular weight is 338 g/mol. The van der Waals surface area contributed by atoms with Crippen LogP contribution in [0, 0.1) is 11.2 Å². The largest absolute Gasteiger partial charge is 0.382 e. The average Bonchev–Trinajstić information content (AvgIpc) is 2.62. The first-order valence-electron chi connectivity index (χ1n) is 7.35. The van der Waals surface area contributed by atoms with Crippen LogP contribution in [0.25, 0.3) is 0 Å². The van der Waals surface area contributed by atoms with Gasteiger partial charge in [-0.1, -0.05) is 12.1 Å². The SMILES string of the molecule is N=C(N)c1cc(Nc2cnccn2)nc(NCc2ccc(F)cc2)n1. The number of nitrogens with zero attached hydrogens (tertiary/aromatic N) is 4. The maximum atomic E-state index is 12.9. The summed E-state index contributed by atoms with van der Waals surface area (Å²) >= 11 is 0. The van der Waals surface area contributed by atoms with Crippen molar-refractivity contribution >= 4 is 23.4 Å². The third kappa shape index (κ3) is 4.44. The molecule has 0 atom stereocenters. The topological polar surface area (TPSA) is 125 Å². The van der Waals surface area contributed by atoms with E-state index in [0.29, 0.717) is 18.2 Å². The van der Waals surface area contributed by atoms with Gasteiger partial charge in [-0.3, -0.25) is 10.4 Å². The molecule has 0 saturated heterocycles. The molecule has 0 radical (unpaired) electrons. The van der Waals surface area contributed by atoms with Crippen LogP contribution in [0.3, 0.4) is 0 Å². The Morgan fingerprint density at radius 2 is 1.92 bits per heavy atom. The van der Waals surface area contributed by atoms with Crippen LogP contribution in [-0.2, 0) is 6.54 Å². The van der Waals surface area contributed by atoms with E-state index >= 15 is 0 Å². The van der Waals surface area contributed by atoms with Gasteiger partial charge in [0.05, 0.1) is 6.20 Å². The molecule has 0 saturated carbocycles. The minimum Gasteiger partial charge on any atom is -0.382 e. The van der Waals surface area contributed by atoms with Crippen molar-refractivity contribution in [1.29, 1.82) is 5.41 Å². The molecule has 0 aliphatic rings. The molecular weight excluding hydrogens is 323 g/mol. The Hall–Kier alpha value is -3.62. The molecule has 0 amide bonds. The molecule has 9 heteroatoms. The number of hydrogen-bond acceptors (Lipinski definition) is 7. The summed E-state index contributed by atoms with van der Waals surface area (Å²) in [6.07, 6.45) is 4.64. The molecule has 0 aliphatic carbocycles. The molecular formula is C16H15FN8. The van der Waals surface area contributed by atoms with Gasteiger partial charge in [-0.25, -0.2) is 14.4 Å². The van der Waals surface area contributed by atoms with Crippen molar-refractivity contribution in [3.05, 3.63) is 66.0 Å². The first-order valence-corrected chi connectivity index (χ1v) is 7.35. The zero-order valence-electron chi connectivity index (χ0n) is 13.1. The summed E-state index contributed by atoms with van der Waals surface area (Å²) in [6.45, 7) is 0.395. The highest BCUT2D eigenvalue weighted by molar-refractivity contribution is 5.94. The molecule has 2 heterocycles. The van der Waals surface area contributed by atoms with Crippen molar-refractivity contribution in [1.82, 2.24) is 19.9 Å². The lowest BCUT2D eigenvalue weighted by Gasteiger charge is -2.10. The van der Waals surface area contributed by atoms with Gasteiger partial charge >= 0.3 is 0 Å². The number of rotatable bonds is 6. The smallest absolute Gasteiger partial charge is 0.225 e. The van der Waals surface area contributed by atoms with E-state index in [1.807, 2.05) is 0 Å². The van der Waals surface area contributed by atoms with Crippen LogP contribution in [-0.4, -0.2) is 25.8 Å². The van der Waals surface area contributed by atoms with E-state index in [1.54, 1.807) is 36.8 Å². The number of halogens is 1. The first kappa shape index (κ1) is 16.2. The van der Waals surface area contributed by atoms with E-state index in [9.17, 15) is 4.39 Å². The van der Waals surface area contributed by atoms with E-state index in [2.05, 4.69) is 30.6 Å². The third-order valence-corrected chi connectivity index (χ3v) is 3.19. The van der Waals surface area contributed by atoms with E-state index in [4.69, 9.17) is 11.1 Å². The highest BCUT2D eigenvalue weighted by atomic mass is 19.1. The summed E-state index contributed by atoms with van der Waals surface area (Å²) in [5.41, 5.74) is 6.67. The van der Waals surface area contributed by atoms with Crippen molar-refractivity contribution in [2.45, 2.75) is 6.54 Å². The Bertz CT molecular complexity index is 867. The van der Waals surface area contributed by atoms with Gasteiger partial charge in [0, 0.05) is 25.0 Å². The lowest BCUT2D eigenvalue weighted by atomic mass is 10.2. The number of nitrogen functional groups attached to an aromatic ring is 1. The van der Waals surface area contributed by atoms with Crippen LogP contribution in [0.1, 0.15) is 11.3 Å². The lowest BCUT2D eigenvalue weighted by molar-refractivity contribution is 0.627. The van der Waals surface area contributed by atoms with Crippen LogP contribution in [0.2, 0.25) is 0 Å². The molecule has 0 spiro atoms. The molecule has 126 valence electrons.